The van der Waals surface area contributed by atoms with E-state index in [2.05, 4.69) is 6.07 Å². The summed E-state index contributed by atoms with van der Waals surface area (Å²) < 4.78 is 18.6. The van der Waals surface area contributed by atoms with Gasteiger partial charge in [0.1, 0.15) is 5.82 Å². The summed E-state index contributed by atoms with van der Waals surface area (Å²) in [5, 5.41) is 0. The number of benzene rings is 2. The SMILES string of the molecule is O=C(CC1OCCc2ccccc21)c1ccc(F)cc1. The van der Waals surface area contributed by atoms with Crippen molar-refractivity contribution in [2.45, 2.75) is 18.9 Å². The lowest BCUT2D eigenvalue weighted by Gasteiger charge is -2.25. The molecule has 0 saturated heterocycles. The zero-order valence-electron chi connectivity index (χ0n) is 11.0. The van der Waals surface area contributed by atoms with Crippen LogP contribution in [0.25, 0.3) is 0 Å². The van der Waals surface area contributed by atoms with E-state index in [0.717, 1.165) is 12.0 Å². The number of hydrogen-bond donors (Lipinski definition) is 0. The van der Waals surface area contributed by atoms with E-state index in [4.69, 9.17) is 4.74 Å². The van der Waals surface area contributed by atoms with Crippen molar-refractivity contribution < 1.29 is 13.9 Å². The Labute approximate surface area is 117 Å². The highest BCUT2D eigenvalue weighted by atomic mass is 19.1. The van der Waals surface area contributed by atoms with Gasteiger partial charge in [-0.25, -0.2) is 4.39 Å². The summed E-state index contributed by atoms with van der Waals surface area (Å²) in [6, 6.07) is 13.7. The average Bonchev–Trinajstić information content (AvgIpc) is 2.48. The molecule has 0 fully saturated rings. The van der Waals surface area contributed by atoms with E-state index < -0.39 is 0 Å². The Morgan fingerprint density at radius 1 is 1.15 bits per heavy atom. The van der Waals surface area contributed by atoms with Crippen molar-refractivity contribution >= 4 is 5.78 Å². The van der Waals surface area contributed by atoms with Crippen LogP contribution < -0.4 is 0 Å². The molecule has 1 aliphatic heterocycles. The minimum atomic E-state index is -0.333. The molecule has 1 unspecified atom stereocenters. The number of carbonyl (C=O) groups excluding carboxylic acids is 1. The van der Waals surface area contributed by atoms with Crippen LogP contribution in [0.1, 0.15) is 34.0 Å². The number of rotatable bonds is 3. The average molecular weight is 270 g/mol. The molecule has 3 rings (SSSR count). The van der Waals surface area contributed by atoms with Crippen LogP contribution >= 0.6 is 0 Å². The Hall–Kier alpha value is -2.00. The van der Waals surface area contributed by atoms with Gasteiger partial charge in [0.05, 0.1) is 12.7 Å². The fourth-order valence-electron chi connectivity index (χ4n) is 2.57. The fourth-order valence-corrected chi connectivity index (χ4v) is 2.57. The second kappa shape index (κ2) is 5.55. The third-order valence-electron chi connectivity index (χ3n) is 3.63. The number of carbonyl (C=O) groups is 1. The van der Waals surface area contributed by atoms with Gasteiger partial charge >= 0.3 is 0 Å². The van der Waals surface area contributed by atoms with Crippen molar-refractivity contribution in [1.82, 2.24) is 0 Å². The van der Waals surface area contributed by atoms with Crippen LogP contribution in [0.3, 0.4) is 0 Å². The summed E-state index contributed by atoms with van der Waals surface area (Å²) >= 11 is 0. The molecular formula is C17H15FO2. The maximum absolute atomic E-state index is 12.9. The van der Waals surface area contributed by atoms with Gasteiger partial charge < -0.3 is 4.74 Å². The van der Waals surface area contributed by atoms with Gasteiger partial charge in [-0.15, -0.1) is 0 Å². The lowest BCUT2D eigenvalue weighted by Crippen LogP contribution is -2.19. The molecule has 2 aromatic carbocycles. The molecule has 3 heteroatoms. The molecular weight excluding hydrogens is 255 g/mol. The molecule has 0 radical (unpaired) electrons. The summed E-state index contributed by atoms with van der Waals surface area (Å²) in [6.07, 6.45) is 0.984. The molecule has 0 N–H and O–H groups in total. The summed E-state index contributed by atoms with van der Waals surface area (Å²) in [7, 11) is 0. The van der Waals surface area contributed by atoms with Crippen LogP contribution in [0, 0.1) is 5.82 Å². The van der Waals surface area contributed by atoms with E-state index in [1.165, 1.54) is 29.8 Å². The highest BCUT2D eigenvalue weighted by Gasteiger charge is 2.23. The van der Waals surface area contributed by atoms with E-state index in [1.54, 1.807) is 0 Å². The second-order valence-corrected chi connectivity index (χ2v) is 4.94. The maximum Gasteiger partial charge on any atom is 0.165 e. The molecule has 0 spiro atoms. The second-order valence-electron chi connectivity index (χ2n) is 4.94. The van der Waals surface area contributed by atoms with Crippen molar-refractivity contribution in [3.63, 3.8) is 0 Å². The predicted molar refractivity (Wildman–Crippen MR) is 74.2 cm³/mol. The minimum absolute atomic E-state index is 0.0216. The zero-order chi connectivity index (χ0) is 13.9. The number of Topliss-reactive ketones (excluding diaryl/α,β-unsaturated/α-hetero) is 1. The smallest absolute Gasteiger partial charge is 0.165 e. The van der Waals surface area contributed by atoms with Crippen LogP contribution in [0.5, 0.6) is 0 Å². The third-order valence-corrected chi connectivity index (χ3v) is 3.63. The molecule has 20 heavy (non-hydrogen) atoms. The largest absolute Gasteiger partial charge is 0.373 e. The first kappa shape index (κ1) is 13.0. The summed E-state index contributed by atoms with van der Waals surface area (Å²) in [5.41, 5.74) is 2.86. The van der Waals surface area contributed by atoms with Gasteiger partial charge in [0.2, 0.25) is 0 Å². The molecule has 1 atom stereocenters. The van der Waals surface area contributed by atoms with Crippen molar-refractivity contribution in [2.75, 3.05) is 6.61 Å². The van der Waals surface area contributed by atoms with E-state index >= 15 is 0 Å². The van der Waals surface area contributed by atoms with Gasteiger partial charge in [-0.3, -0.25) is 4.79 Å². The molecule has 102 valence electrons. The lowest BCUT2D eigenvalue weighted by molar-refractivity contribution is 0.0352. The van der Waals surface area contributed by atoms with Crippen molar-refractivity contribution in [2.24, 2.45) is 0 Å². The van der Waals surface area contributed by atoms with Gasteiger partial charge in [0, 0.05) is 12.0 Å². The molecule has 0 saturated carbocycles. The highest BCUT2D eigenvalue weighted by molar-refractivity contribution is 5.96. The number of hydrogen-bond acceptors (Lipinski definition) is 2. The summed E-state index contributed by atoms with van der Waals surface area (Å²) in [4.78, 5) is 12.2. The molecule has 2 aromatic rings. The fraction of sp³-hybridized carbons (Fsp3) is 0.235. The normalized spacial score (nSPS) is 17.6. The summed E-state index contributed by atoms with van der Waals surface area (Å²) in [5.74, 6) is -0.354. The number of halogens is 1. The standard InChI is InChI=1S/C17H15FO2/c18-14-7-5-13(6-8-14)16(19)11-17-15-4-2-1-3-12(15)9-10-20-17/h1-8,17H,9-11H2. The Balaban J connectivity index is 1.79. The molecule has 0 aromatic heterocycles. The van der Waals surface area contributed by atoms with Gasteiger partial charge in [-0.1, -0.05) is 24.3 Å². The van der Waals surface area contributed by atoms with Crippen LogP contribution in [0.15, 0.2) is 48.5 Å². The molecule has 1 aliphatic rings. The quantitative estimate of drug-likeness (QED) is 0.795. The van der Waals surface area contributed by atoms with Gasteiger partial charge in [0.25, 0.3) is 0 Å². The van der Waals surface area contributed by atoms with E-state index in [-0.39, 0.29) is 17.7 Å². The van der Waals surface area contributed by atoms with Crippen molar-refractivity contribution in [1.29, 1.82) is 0 Å². The first-order valence-corrected chi connectivity index (χ1v) is 6.72. The third kappa shape index (κ3) is 2.63. The first-order valence-electron chi connectivity index (χ1n) is 6.72. The van der Waals surface area contributed by atoms with Crippen LogP contribution in [-0.4, -0.2) is 12.4 Å². The summed E-state index contributed by atoms with van der Waals surface area (Å²) in [6.45, 7) is 0.637. The Morgan fingerprint density at radius 3 is 2.70 bits per heavy atom. The van der Waals surface area contributed by atoms with Gasteiger partial charge in [0.15, 0.2) is 5.78 Å². The van der Waals surface area contributed by atoms with E-state index in [0.29, 0.717) is 18.6 Å². The topological polar surface area (TPSA) is 26.3 Å². The molecule has 2 nitrogen and oxygen atoms in total. The molecule has 0 amide bonds. The Kier molecular flexibility index (Phi) is 3.61. The number of ketones is 1. The Morgan fingerprint density at radius 2 is 1.90 bits per heavy atom. The zero-order valence-corrected chi connectivity index (χ0v) is 11.0. The number of fused-ring (bicyclic) bond motifs is 1. The van der Waals surface area contributed by atoms with Crippen LogP contribution in [0.4, 0.5) is 4.39 Å². The molecule has 0 aliphatic carbocycles. The van der Waals surface area contributed by atoms with E-state index in [1.807, 2.05) is 18.2 Å². The van der Waals surface area contributed by atoms with Gasteiger partial charge in [-0.05, 0) is 41.8 Å². The first-order chi connectivity index (χ1) is 9.74. The van der Waals surface area contributed by atoms with Crippen LogP contribution in [0.2, 0.25) is 0 Å². The molecule has 1 heterocycles. The monoisotopic (exact) mass is 270 g/mol. The predicted octanol–water partition coefficient (Wildman–Crippen LogP) is 3.71. The minimum Gasteiger partial charge on any atom is -0.373 e. The van der Waals surface area contributed by atoms with Crippen LogP contribution in [-0.2, 0) is 11.2 Å². The lowest BCUT2D eigenvalue weighted by atomic mass is 9.93. The highest BCUT2D eigenvalue weighted by Crippen LogP contribution is 2.30. The van der Waals surface area contributed by atoms with E-state index in [9.17, 15) is 9.18 Å². The van der Waals surface area contributed by atoms with Crippen molar-refractivity contribution in [3.8, 4) is 0 Å². The van der Waals surface area contributed by atoms with Gasteiger partial charge in [-0.2, -0.15) is 0 Å². The maximum atomic E-state index is 12.9. The van der Waals surface area contributed by atoms with Crippen molar-refractivity contribution in [3.05, 3.63) is 71.0 Å². The number of ether oxygens (including phenoxy) is 1. The molecule has 0 bridgehead atoms. The Bertz CT molecular complexity index is 619.